The standard InChI is InChI=1S/C23H24N4O3S/c1-15-11-20(9-10-21(15)19-4-2-3-17(12-19)13-22(24)28)31(29,30)27-14-16-5-7-18(8-6-16)23(25)26/h2-12,27H,13-14H2,1H3,(H2,24,28)(H3,25,26). The fraction of sp³-hybridized carbons (Fsp3) is 0.130. The number of aryl methyl sites for hydroxylation is 1. The molecular formula is C23H24N4O3S. The Kier molecular flexibility index (Phi) is 6.53. The predicted molar refractivity (Wildman–Crippen MR) is 121 cm³/mol. The van der Waals surface area contributed by atoms with E-state index in [9.17, 15) is 13.2 Å². The van der Waals surface area contributed by atoms with Gasteiger partial charge in [0.1, 0.15) is 5.84 Å². The number of benzene rings is 3. The summed E-state index contributed by atoms with van der Waals surface area (Å²) in [5, 5.41) is 7.41. The quantitative estimate of drug-likeness (QED) is 0.318. The van der Waals surface area contributed by atoms with Gasteiger partial charge in [-0.2, -0.15) is 0 Å². The minimum Gasteiger partial charge on any atom is -0.384 e. The Bertz CT molecular complexity index is 1240. The number of hydrogen-bond acceptors (Lipinski definition) is 4. The minimum atomic E-state index is -3.71. The van der Waals surface area contributed by atoms with Gasteiger partial charge in [0.25, 0.3) is 0 Å². The Labute approximate surface area is 181 Å². The number of hydrogen-bond donors (Lipinski definition) is 4. The molecular weight excluding hydrogens is 412 g/mol. The van der Waals surface area contributed by atoms with Crippen LogP contribution < -0.4 is 16.2 Å². The maximum atomic E-state index is 12.7. The first-order valence-electron chi connectivity index (χ1n) is 9.57. The van der Waals surface area contributed by atoms with E-state index in [-0.39, 0.29) is 23.7 Å². The summed E-state index contributed by atoms with van der Waals surface area (Å²) < 4.78 is 28.1. The molecule has 160 valence electrons. The van der Waals surface area contributed by atoms with E-state index in [0.717, 1.165) is 27.8 Å². The van der Waals surface area contributed by atoms with Crippen molar-refractivity contribution in [3.8, 4) is 11.1 Å². The van der Waals surface area contributed by atoms with Crippen LogP contribution in [0.25, 0.3) is 11.1 Å². The van der Waals surface area contributed by atoms with Crippen LogP contribution in [0.3, 0.4) is 0 Å². The van der Waals surface area contributed by atoms with Crippen LogP contribution in [0.15, 0.2) is 71.6 Å². The second kappa shape index (κ2) is 9.11. The molecule has 8 heteroatoms. The first kappa shape index (κ1) is 22.2. The molecule has 0 spiro atoms. The molecule has 0 aliphatic carbocycles. The highest BCUT2D eigenvalue weighted by Gasteiger charge is 2.16. The van der Waals surface area contributed by atoms with Gasteiger partial charge in [-0.15, -0.1) is 0 Å². The van der Waals surface area contributed by atoms with Gasteiger partial charge in [0.05, 0.1) is 11.3 Å². The molecule has 0 bridgehead atoms. The number of carbonyl (C=O) groups excluding carboxylic acids is 1. The zero-order valence-corrected chi connectivity index (χ0v) is 17.9. The summed E-state index contributed by atoms with van der Waals surface area (Å²) in [6.07, 6.45) is 0.149. The van der Waals surface area contributed by atoms with Gasteiger partial charge >= 0.3 is 0 Å². The number of rotatable bonds is 8. The molecule has 7 nitrogen and oxygen atoms in total. The van der Waals surface area contributed by atoms with Gasteiger partial charge in [0.15, 0.2) is 0 Å². The highest BCUT2D eigenvalue weighted by molar-refractivity contribution is 7.89. The number of amidine groups is 1. The lowest BCUT2D eigenvalue weighted by atomic mass is 9.98. The molecule has 0 unspecified atom stereocenters. The van der Waals surface area contributed by atoms with Gasteiger partial charge in [0.2, 0.25) is 15.9 Å². The van der Waals surface area contributed by atoms with Crippen LogP contribution in [-0.2, 0) is 27.8 Å². The molecule has 3 aromatic carbocycles. The third-order valence-corrected chi connectivity index (χ3v) is 6.25. The Morgan fingerprint density at radius 2 is 1.68 bits per heavy atom. The zero-order chi connectivity index (χ0) is 22.6. The van der Waals surface area contributed by atoms with Gasteiger partial charge in [-0.1, -0.05) is 54.6 Å². The Balaban J connectivity index is 1.78. The lowest BCUT2D eigenvalue weighted by Gasteiger charge is -2.12. The predicted octanol–water partition coefficient (Wildman–Crippen LogP) is 2.45. The Morgan fingerprint density at radius 1 is 0.968 bits per heavy atom. The molecule has 0 radical (unpaired) electrons. The van der Waals surface area contributed by atoms with E-state index in [2.05, 4.69) is 4.72 Å². The molecule has 0 saturated heterocycles. The van der Waals surface area contributed by atoms with Crippen LogP contribution >= 0.6 is 0 Å². The van der Waals surface area contributed by atoms with E-state index in [1.54, 1.807) is 42.5 Å². The van der Waals surface area contributed by atoms with Gasteiger partial charge < -0.3 is 11.5 Å². The van der Waals surface area contributed by atoms with E-state index >= 15 is 0 Å². The van der Waals surface area contributed by atoms with Crippen LogP contribution in [0.5, 0.6) is 0 Å². The summed E-state index contributed by atoms with van der Waals surface area (Å²) in [5.74, 6) is -0.444. The second-order valence-corrected chi connectivity index (χ2v) is 9.02. The Morgan fingerprint density at radius 3 is 2.29 bits per heavy atom. The highest BCUT2D eigenvalue weighted by Crippen LogP contribution is 2.27. The molecule has 0 saturated carbocycles. The number of nitrogens with one attached hydrogen (secondary N) is 2. The molecule has 3 aromatic rings. The molecule has 31 heavy (non-hydrogen) atoms. The SMILES string of the molecule is Cc1cc(S(=O)(=O)NCc2ccc(C(=N)N)cc2)ccc1-c1cccc(CC(N)=O)c1. The third kappa shape index (κ3) is 5.56. The summed E-state index contributed by atoms with van der Waals surface area (Å²) in [6.45, 7) is 1.96. The van der Waals surface area contributed by atoms with Crippen molar-refractivity contribution in [1.29, 1.82) is 5.41 Å². The number of nitrogen functional groups attached to an aromatic ring is 1. The maximum absolute atomic E-state index is 12.7. The summed E-state index contributed by atoms with van der Waals surface area (Å²) >= 11 is 0. The highest BCUT2D eigenvalue weighted by atomic mass is 32.2. The lowest BCUT2D eigenvalue weighted by molar-refractivity contribution is -0.117. The van der Waals surface area contributed by atoms with Crippen LogP contribution in [-0.4, -0.2) is 20.2 Å². The summed E-state index contributed by atoms with van der Waals surface area (Å²) in [5.41, 5.74) is 15.4. The van der Waals surface area contributed by atoms with E-state index in [1.165, 1.54) is 0 Å². The minimum absolute atomic E-state index is 0.0390. The van der Waals surface area contributed by atoms with Crippen molar-refractivity contribution in [3.05, 3.63) is 89.0 Å². The zero-order valence-electron chi connectivity index (χ0n) is 17.1. The van der Waals surface area contributed by atoms with Crippen molar-refractivity contribution in [2.45, 2.75) is 24.8 Å². The monoisotopic (exact) mass is 436 g/mol. The van der Waals surface area contributed by atoms with Gasteiger partial charge in [-0.3, -0.25) is 10.2 Å². The van der Waals surface area contributed by atoms with E-state index < -0.39 is 15.9 Å². The summed E-state index contributed by atoms with van der Waals surface area (Å²) in [7, 11) is -3.71. The topological polar surface area (TPSA) is 139 Å². The molecule has 1 amide bonds. The molecule has 0 fully saturated rings. The molecule has 0 heterocycles. The van der Waals surface area contributed by atoms with Crippen molar-refractivity contribution in [2.75, 3.05) is 0 Å². The van der Waals surface area contributed by atoms with Gasteiger partial charge in [-0.05, 0) is 46.9 Å². The molecule has 0 atom stereocenters. The number of primary amides is 1. The van der Waals surface area contributed by atoms with Crippen molar-refractivity contribution in [2.24, 2.45) is 11.5 Å². The van der Waals surface area contributed by atoms with Crippen LogP contribution in [0.2, 0.25) is 0 Å². The summed E-state index contributed by atoms with van der Waals surface area (Å²) in [4.78, 5) is 11.4. The first-order chi connectivity index (χ1) is 14.7. The third-order valence-electron chi connectivity index (χ3n) is 4.86. The number of nitrogens with two attached hydrogens (primary N) is 2. The van der Waals surface area contributed by atoms with Crippen LogP contribution in [0.4, 0.5) is 0 Å². The fourth-order valence-corrected chi connectivity index (χ4v) is 4.34. The van der Waals surface area contributed by atoms with Crippen LogP contribution in [0, 0.1) is 12.3 Å². The maximum Gasteiger partial charge on any atom is 0.240 e. The average Bonchev–Trinajstić information content (AvgIpc) is 2.72. The lowest BCUT2D eigenvalue weighted by Crippen LogP contribution is -2.23. The number of amides is 1. The fourth-order valence-electron chi connectivity index (χ4n) is 3.24. The van der Waals surface area contributed by atoms with Crippen LogP contribution in [0.1, 0.15) is 22.3 Å². The summed E-state index contributed by atoms with van der Waals surface area (Å²) in [6, 6.07) is 19.2. The van der Waals surface area contributed by atoms with E-state index in [1.807, 2.05) is 31.2 Å². The van der Waals surface area contributed by atoms with E-state index in [0.29, 0.717) is 5.56 Å². The first-order valence-corrected chi connectivity index (χ1v) is 11.1. The largest absolute Gasteiger partial charge is 0.384 e. The van der Waals surface area contributed by atoms with Crippen molar-refractivity contribution in [1.82, 2.24) is 4.72 Å². The van der Waals surface area contributed by atoms with E-state index in [4.69, 9.17) is 16.9 Å². The number of sulfonamides is 1. The van der Waals surface area contributed by atoms with Gasteiger partial charge in [0, 0.05) is 12.1 Å². The van der Waals surface area contributed by atoms with Crippen molar-refractivity contribution < 1.29 is 13.2 Å². The number of carbonyl (C=O) groups is 1. The normalized spacial score (nSPS) is 11.3. The Hall–Kier alpha value is -3.49. The molecule has 6 N–H and O–H groups in total. The smallest absolute Gasteiger partial charge is 0.240 e. The van der Waals surface area contributed by atoms with Crippen molar-refractivity contribution in [3.63, 3.8) is 0 Å². The molecule has 0 aliphatic rings. The van der Waals surface area contributed by atoms with Gasteiger partial charge in [-0.25, -0.2) is 13.1 Å². The second-order valence-electron chi connectivity index (χ2n) is 7.26. The molecule has 0 aliphatic heterocycles. The average molecular weight is 437 g/mol. The molecule has 3 rings (SSSR count). The van der Waals surface area contributed by atoms with Crippen molar-refractivity contribution >= 4 is 21.8 Å². The molecule has 0 aromatic heterocycles.